The third-order valence-corrected chi connectivity index (χ3v) is 2.46. The van der Waals surface area contributed by atoms with E-state index in [1.165, 1.54) is 11.5 Å². The average Bonchev–Trinajstić information content (AvgIpc) is 2.65. The molecule has 1 aromatic rings. The summed E-state index contributed by atoms with van der Waals surface area (Å²) in [5.41, 5.74) is 0. The van der Waals surface area contributed by atoms with Crippen molar-refractivity contribution in [3.63, 3.8) is 0 Å². The highest BCUT2D eigenvalue weighted by Crippen LogP contribution is 2.17. The summed E-state index contributed by atoms with van der Waals surface area (Å²) in [7, 11) is 0. The Labute approximate surface area is 82.7 Å². The van der Waals surface area contributed by atoms with Crippen LogP contribution in [-0.2, 0) is 0 Å². The molecule has 1 atom stereocenters. The van der Waals surface area contributed by atoms with E-state index in [9.17, 15) is 0 Å². The Hall–Kier alpha value is -0.920. The summed E-state index contributed by atoms with van der Waals surface area (Å²) in [6.07, 6.45) is 8.86. The molecule has 0 radical (unpaired) electrons. The minimum atomic E-state index is 0.227. The van der Waals surface area contributed by atoms with E-state index in [0.717, 1.165) is 17.8 Å². The minimum absolute atomic E-state index is 0.227. The van der Waals surface area contributed by atoms with Crippen LogP contribution >= 0.6 is 11.5 Å². The van der Waals surface area contributed by atoms with E-state index in [4.69, 9.17) is 6.42 Å². The molecular formula is C9H13N3S. The molecule has 3 nitrogen and oxygen atoms in total. The highest BCUT2D eigenvalue weighted by Gasteiger charge is 2.10. The van der Waals surface area contributed by atoms with Crippen LogP contribution in [0.5, 0.6) is 0 Å². The van der Waals surface area contributed by atoms with Crippen LogP contribution in [0.1, 0.15) is 30.7 Å². The van der Waals surface area contributed by atoms with Crippen LogP contribution in [0, 0.1) is 12.3 Å². The fourth-order valence-corrected chi connectivity index (χ4v) is 1.61. The standard InChI is InChI=1S/C9H13N3S/c1-3-5-8(10-6-4-2)9-7-11-12-13-9/h1,7-8,10H,4-6H2,2H3. The number of rotatable bonds is 5. The molecule has 0 fully saturated rings. The van der Waals surface area contributed by atoms with Gasteiger partial charge in [0, 0.05) is 6.42 Å². The Balaban J connectivity index is 2.53. The molecule has 1 N–H and O–H groups in total. The molecule has 4 heteroatoms. The molecule has 1 heterocycles. The molecule has 0 aromatic carbocycles. The van der Waals surface area contributed by atoms with Crippen molar-refractivity contribution in [1.82, 2.24) is 14.9 Å². The first kappa shape index (κ1) is 10.2. The zero-order valence-corrected chi connectivity index (χ0v) is 8.47. The van der Waals surface area contributed by atoms with Crippen molar-refractivity contribution in [2.24, 2.45) is 0 Å². The molecule has 70 valence electrons. The van der Waals surface area contributed by atoms with Gasteiger partial charge in [-0.15, -0.1) is 17.4 Å². The largest absolute Gasteiger partial charge is 0.308 e. The smallest absolute Gasteiger partial charge is 0.0669 e. The number of terminal acetylenes is 1. The Morgan fingerprint density at radius 2 is 2.62 bits per heavy atom. The maximum atomic E-state index is 5.28. The van der Waals surface area contributed by atoms with Gasteiger partial charge < -0.3 is 5.32 Å². The lowest BCUT2D eigenvalue weighted by Gasteiger charge is -2.12. The maximum Gasteiger partial charge on any atom is 0.0669 e. The lowest BCUT2D eigenvalue weighted by molar-refractivity contribution is 0.549. The van der Waals surface area contributed by atoms with Crippen molar-refractivity contribution in [2.45, 2.75) is 25.8 Å². The molecule has 13 heavy (non-hydrogen) atoms. The van der Waals surface area contributed by atoms with Crippen LogP contribution in [-0.4, -0.2) is 16.1 Å². The predicted octanol–water partition coefficient (Wildman–Crippen LogP) is 1.60. The molecule has 1 aromatic heterocycles. The first-order valence-electron chi connectivity index (χ1n) is 4.32. The second kappa shape index (κ2) is 5.68. The average molecular weight is 195 g/mol. The van der Waals surface area contributed by atoms with Crippen molar-refractivity contribution < 1.29 is 0 Å². The topological polar surface area (TPSA) is 37.8 Å². The van der Waals surface area contributed by atoms with E-state index in [0.29, 0.717) is 6.42 Å². The first-order chi connectivity index (χ1) is 6.38. The van der Waals surface area contributed by atoms with Gasteiger partial charge in [-0.05, 0) is 24.5 Å². The van der Waals surface area contributed by atoms with Gasteiger partial charge in [-0.2, -0.15) is 0 Å². The lowest BCUT2D eigenvalue weighted by Crippen LogP contribution is -2.20. The molecule has 0 saturated carbocycles. The molecule has 0 aliphatic heterocycles. The Kier molecular flexibility index (Phi) is 4.44. The van der Waals surface area contributed by atoms with Gasteiger partial charge in [0.15, 0.2) is 0 Å². The zero-order valence-electron chi connectivity index (χ0n) is 7.66. The van der Waals surface area contributed by atoms with Crippen LogP contribution in [0.2, 0.25) is 0 Å². The molecular weight excluding hydrogens is 182 g/mol. The van der Waals surface area contributed by atoms with Crippen molar-refractivity contribution in [1.29, 1.82) is 0 Å². The third kappa shape index (κ3) is 3.13. The number of aromatic nitrogens is 2. The second-order valence-corrected chi connectivity index (χ2v) is 3.55. The fourth-order valence-electron chi connectivity index (χ4n) is 1.04. The molecule has 0 spiro atoms. The summed E-state index contributed by atoms with van der Waals surface area (Å²) in [5.74, 6) is 2.65. The third-order valence-electron chi connectivity index (χ3n) is 1.68. The normalized spacial score (nSPS) is 12.3. The van der Waals surface area contributed by atoms with Gasteiger partial charge in [-0.25, -0.2) is 0 Å². The predicted molar refractivity (Wildman–Crippen MR) is 54.4 cm³/mol. The molecule has 0 bridgehead atoms. The minimum Gasteiger partial charge on any atom is -0.308 e. The Morgan fingerprint density at radius 1 is 1.77 bits per heavy atom. The fraction of sp³-hybridized carbons (Fsp3) is 0.556. The second-order valence-electron chi connectivity index (χ2n) is 2.73. The monoisotopic (exact) mass is 195 g/mol. The van der Waals surface area contributed by atoms with Crippen molar-refractivity contribution >= 4 is 11.5 Å². The molecule has 1 unspecified atom stereocenters. The van der Waals surface area contributed by atoms with Gasteiger partial charge in [0.25, 0.3) is 0 Å². The van der Waals surface area contributed by atoms with Crippen LogP contribution in [0.3, 0.4) is 0 Å². The molecule has 0 aliphatic rings. The van der Waals surface area contributed by atoms with E-state index in [1.54, 1.807) is 6.20 Å². The Bertz CT molecular complexity index is 263. The van der Waals surface area contributed by atoms with Gasteiger partial charge in [0.05, 0.1) is 17.1 Å². The Morgan fingerprint density at radius 3 is 3.15 bits per heavy atom. The van der Waals surface area contributed by atoms with Gasteiger partial charge in [0.1, 0.15) is 0 Å². The number of nitrogens with zero attached hydrogens (tertiary/aromatic N) is 2. The number of hydrogen-bond acceptors (Lipinski definition) is 4. The molecule has 0 amide bonds. The SMILES string of the molecule is C#CCC(NCCC)c1cnns1. The van der Waals surface area contributed by atoms with E-state index in [2.05, 4.69) is 27.7 Å². The van der Waals surface area contributed by atoms with E-state index in [1.807, 2.05) is 0 Å². The van der Waals surface area contributed by atoms with Crippen LogP contribution < -0.4 is 5.32 Å². The van der Waals surface area contributed by atoms with Crippen molar-refractivity contribution in [3.8, 4) is 12.3 Å². The lowest BCUT2D eigenvalue weighted by atomic mass is 10.2. The highest BCUT2D eigenvalue weighted by molar-refractivity contribution is 7.05. The maximum absolute atomic E-state index is 5.28. The van der Waals surface area contributed by atoms with Gasteiger partial charge >= 0.3 is 0 Å². The summed E-state index contributed by atoms with van der Waals surface area (Å²) in [4.78, 5) is 1.12. The van der Waals surface area contributed by atoms with Crippen LogP contribution in [0.25, 0.3) is 0 Å². The molecule has 0 saturated heterocycles. The number of nitrogens with one attached hydrogen (secondary N) is 1. The van der Waals surface area contributed by atoms with Gasteiger partial charge in [-0.3, -0.25) is 0 Å². The van der Waals surface area contributed by atoms with Gasteiger partial charge in [0.2, 0.25) is 0 Å². The van der Waals surface area contributed by atoms with Crippen molar-refractivity contribution in [3.05, 3.63) is 11.1 Å². The number of hydrogen-bond donors (Lipinski definition) is 1. The van der Waals surface area contributed by atoms with E-state index < -0.39 is 0 Å². The zero-order chi connectivity index (χ0) is 9.52. The summed E-state index contributed by atoms with van der Waals surface area (Å²) >= 11 is 1.40. The van der Waals surface area contributed by atoms with E-state index >= 15 is 0 Å². The van der Waals surface area contributed by atoms with Crippen LogP contribution in [0.4, 0.5) is 0 Å². The summed E-state index contributed by atoms with van der Waals surface area (Å²) in [6.45, 7) is 3.11. The summed E-state index contributed by atoms with van der Waals surface area (Å²) < 4.78 is 3.82. The first-order valence-corrected chi connectivity index (χ1v) is 5.10. The van der Waals surface area contributed by atoms with E-state index in [-0.39, 0.29) is 6.04 Å². The molecule has 1 rings (SSSR count). The van der Waals surface area contributed by atoms with Crippen molar-refractivity contribution in [2.75, 3.05) is 6.54 Å². The molecule has 0 aliphatic carbocycles. The quantitative estimate of drug-likeness (QED) is 0.725. The van der Waals surface area contributed by atoms with Crippen LogP contribution in [0.15, 0.2) is 6.20 Å². The highest BCUT2D eigenvalue weighted by atomic mass is 32.1. The summed E-state index contributed by atoms with van der Waals surface area (Å²) in [6, 6.07) is 0.227. The van der Waals surface area contributed by atoms with Gasteiger partial charge in [-0.1, -0.05) is 11.4 Å². The summed E-state index contributed by atoms with van der Waals surface area (Å²) in [5, 5.41) is 7.15.